The molecule has 1 N–H and O–H groups in total. The Bertz CT molecular complexity index is 912. The Morgan fingerprint density at radius 1 is 1.27 bits per heavy atom. The lowest BCUT2D eigenvalue weighted by molar-refractivity contribution is -0.131. The van der Waals surface area contributed by atoms with Crippen molar-refractivity contribution in [3.63, 3.8) is 0 Å². The van der Waals surface area contributed by atoms with Gasteiger partial charge in [-0.1, -0.05) is 17.7 Å². The van der Waals surface area contributed by atoms with Crippen LogP contribution in [0.25, 0.3) is 0 Å². The quantitative estimate of drug-likeness (QED) is 0.888. The van der Waals surface area contributed by atoms with Crippen molar-refractivity contribution in [2.75, 3.05) is 24.5 Å². The molecular formula is C18H18ClFN4O2. The van der Waals surface area contributed by atoms with Crippen LogP contribution in [-0.4, -0.2) is 40.6 Å². The molecule has 6 nitrogen and oxygen atoms in total. The first-order valence-corrected chi connectivity index (χ1v) is 8.95. The molecule has 0 atom stereocenters. The molecule has 2 fully saturated rings. The van der Waals surface area contributed by atoms with Crippen LogP contribution >= 0.6 is 11.6 Å². The summed E-state index contributed by atoms with van der Waals surface area (Å²) >= 11 is 6.03. The Hall–Kier alpha value is -2.41. The van der Waals surface area contributed by atoms with Crippen LogP contribution in [0.4, 0.5) is 10.1 Å². The molecule has 1 amide bonds. The summed E-state index contributed by atoms with van der Waals surface area (Å²) in [5.41, 5.74) is 2.01. The Morgan fingerprint density at radius 3 is 2.81 bits per heavy atom. The smallest absolute Gasteiger partial charge is 0.285 e. The number of carbonyl (C=O) groups excluding carboxylic acids is 1. The predicted molar refractivity (Wildman–Crippen MR) is 95.9 cm³/mol. The normalized spacial score (nSPS) is 17.7. The summed E-state index contributed by atoms with van der Waals surface area (Å²) in [6.07, 6.45) is 3.61. The number of carbonyl (C=O) groups is 1. The molecule has 0 unspecified atom stereocenters. The third kappa shape index (κ3) is 3.31. The van der Waals surface area contributed by atoms with Crippen LogP contribution < -0.4 is 10.5 Å². The summed E-state index contributed by atoms with van der Waals surface area (Å²) in [7, 11) is 0. The topological polar surface area (TPSA) is 69.3 Å². The standard InChI is InChI=1S/C18H18ClFN4O2/c19-17-15(8-21-22-18(17)26)23-5-6-24(16(25)10-23)9-12-3-4-13(20)7-14(12)11-1-2-11/h3-4,7-8,11H,1-2,5-6,9-10H2,(H,22,26). The summed E-state index contributed by atoms with van der Waals surface area (Å²) in [6, 6.07) is 4.82. The van der Waals surface area contributed by atoms with E-state index in [1.54, 1.807) is 21.9 Å². The highest BCUT2D eigenvalue weighted by Gasteiger charge is 2.30. The third-order valence-corrected chi connectivity index (χ3v) is 5.29. The molecule has 1 aliphatic heterocycles. The Labute approximate surface area is 154 Å². The van der Waals surface area contributed by atoms with Crippen molar-refractivity contribution in [3.05, 3.63) is 56.7 Å². The number of H-pyrrole nitrogens is 1. The molecule has 0 bridgehead atoms. The van der Waals surface area contributed by atoms with Crippen LogP contribution in [-0.2, 0) is 11.3 Å². The van der Waals surface area contributed by atoms with Gasteiger partial charge in [0, 0.05) is 19.6 Å². The van der Waals surface area contributed by atoms with Gasteiger partial charge in [-0.25, -0.2) is 9.49 Å². The zero-order valence-corrected chi connectivity index (χ0v) is 14.8. The molecule has 26 heavy (non-hydrogen) atoms. The Balaban J connectivity index is 1.49. The van der Waals surface area contributed by atoms with Crippen molar-refractivity contribution in [1.29, 1.82) is 0 Å². The van der Waals surface area contributed by atoms with Gasteiger partial charge in [-0.2, -0.15) is 5.10 Å². The van der Waals surface area contributed by atoms with E-state index in [-0.39, 0.29) is 23.3 Å². The van der Waals surface area contributed by atoms with E-state index in [9.17, 15) is 14.0 Å². The second kappa shape index (κ2) is 6.72. The fraction of sp³-hybridized carbons (Fsp3) is 0.389. The predicted octanol–water partition coefficient (Wildman–Crippen LogP) is 2.29. The highest BCUT2D eigenvalue weighted by Crippen LogP contribution is 2.42. The maximum absolute atomic E-state index is 13.6. The Kier molecular flexibility index (Phi) is 4.40. The lowest BCUT2D eigenvalue weighted by Gasteiger charge is -2.36. The van der Waals surface area contributed by atoms with Crippen molar-refractivity contribution in [3.8, 4) is 0 Å². The average molecular weight is 377 g/mol. The minimum atomic E-state index is -0.473. The van der Waals surface area contributed by atoms with Crippen molar-refractivity contribution in [2.45, 2.75) is 25.3 Å². The molecule has 2 aliphatic rings. The number of anilines is 1. The second-order valence-corrected chi connectivity index (χ2v) is 7.13. The van der Waals surface area contributed by atoms with Gasteiger partial charge in [0.15, 0.2) is 0 Å². The number of halogens is 2. The first-order valence-electron chi connectivity index (χ1n) is 8.57. The second-order valence-electron chi connectivity index (χ2n) is 6.75. The summed E-state index contributed by atoms with van der Waals surface area (Å²) in [5.74, 6) is 0.125. The van der Waals surface area contributed by atoms with Crippen LogP contribution in [0, 0.1) is 5.82 Å². The molecule has 1 aliphatic carbocycles. The van der Waals surface area contributed by atoms with Crippen LogP contribution in [0.3, 0.4) is 0 Å². The van der Waals surface area contributed by atoms with Crippen molar-refractivity contribution < 1.29 is 9.18 Å². The molecule has 1 aromatic heterocycles. The van der Waals surface area contributed by atoms with E-state index < -0.39 is 5.56 Å². The van der Waals surface area contributed by atoms with Gasteiger partial charge in [0.05, 0.1) is 18.4 Å². The van der Waals surface area contributed by atoms with Crippen LogP contribution in [0.2, 0.25) is 5.02 Å². The number of benzene rings is 1. The molecule has 2 aromatic rings. The van der Waals surface area contributed by atoms with E-state index >= 15 is 0 Å². The number of nitrogens with one attached hydrogen (secondary N) is 1. The highest BCUT2D eigenvalue weighted by molar-refractivity contribution is 6.33. The summed E-state index contributed by atoms with van der Waals surface area (Å²) < 4.78 is 13.6. The average Bonchev–Trinajstić information content (AvgIpc) is 3.45. The van der Waals surface area contributed by atoms with E-state index in [1.807, 2.05) is 0 Å². The van der Waals surface area contributed by atoms with Crippen molar-refractivity contribution >= 4 is 23.2 Å². The molecule has 0 radical (unpaired) electrons. The highest BCUT2D eigenvalue weighted by atomic mass is 35.5. The lowest BCUT2D eigenvalue weighted by Crippen LogP contribution is -2.50. The molecule has 1 saturated carbocycles. The molecule has 8 heteroatoms. The zero-order chi connectivity index (χ0) is 18.3. The SMILES string of the molecule is O=C1CN(c2cn[nH]c(=O)c2Cl)CCN1Cc1ccc(F)cc1C1CC1. The number of aromatic nitrogens is 2. The minimum Gasteiger partial charge on any atom is -0.358 e. The summed E-state index contributed by atoms with van der Waals surface area (Å²) in [6.45, 7) is 1.66. The molecular weight excluding hydrogens is 359 g/mol. The van der Waals surface area contributed by atoms with Gasteiger partial charge in [0.2, 0.25) is 5.91 Å². The van der Waals surface area contributed by atoms with E-state index in [0.717, 1.165) is 24.0 Å². The maximum Gasteiger partial charge on any atom is 0.285 e. The Morgan fingerprint density at radius 2 is 2.08 bits per heavy atom. The third-order valence-electron chi connectivity index (χ3n) is 4.92. The number of aromatic amines is 1. The van der Waals surface area contributed by atoms with Gasteiger partial charge in [-0.3, -0.25) is 9.59 Å². The van der Waals surface area contributed by atoms with E-state index in [1.165, 1.54) is 12.3 Å². The number of hydrogen-bond donors (Lipinski definition) is 1. The molecule has 1 aromatic carbocycles. The molecule has 0 spiro atoms. The monoisotopic (exact) mass is 376 g/mol. The zero-order valence-electron chi connectivity index (χ0n) is 14.0. The van der Waals surface area contributed by atoms with Gasteiger partial charge < -0.3 is 9.80 Å². The van der Waals surface area contributed by atoms with Crippen molar-refractivity contribution in [1.82, 2.24) is 15.1 Å². The van der Waals surface area contributed by atoms with Crippen molar-refractivity contribution in [2.24, 2.45) is 0 Å². The van der Waals surface area contributed by atoms with Gasteiger partial charge in [0.25, 0.3) is 5.56 Å². The number of nitrogens with zero attached hydrogens (tertiary/aromatic N) is 3. The summed E-state index contributed by atoms with van der Waals surface area (Å²) in [5, 5.41) is 6.06. The largest absolute Gasteiger partial charge is 0.358 e. The van der Waals surface area contributed by atoms with Crippen LogP contribution in [0.15, 0.2) is 29.2 Å². The van der Waals surface area contributed by atoms with Crippen LogP contribution in [0.5, 0.6) is 0 Å². The lowest BCUT2D eigenvalue weighted by atomic mass is 10.0. The fourth-order valence-corrected chi connectivity index (χ4v) is 3.58. The van der Waals surface area contributed by atoms with Gasteiger partial charge in [-0.05, 0) is 42.0 Å². The van der Waals surface area contributed by atoms with E-state index in [4.69, 9.17) is 11.6 Å². The molecule has 2 heterocycles. The molecule has 4 rings (SSSR count). The van der Waals surface area contributed by atoms with E-state index in [2.05, 4.69) is 10.2 Å². The maximum atomic E-state index is 13.6. The number of rotatable bonds is 4. The number of hydrogen-bond acceptors (Lipinski definition) is 4. The number of piperazine rings is 1. The first kappa shape index (κ1) is 17.0. The summed E-state index contributed by atoms with van der Waals surface area (Å²) in [4.78, 5) is 27.7. The fourth-order valence-electron chi connectivity index (χ4n) is 3.37. The van der Waals surface area contributed by atoms with Crippen LogP contribution in [0.1, 0.15) is 29.9 Å². The number of amides is 1. The van der Waals surface area contributed by atoms with Gasteiger partial charge in [0.1, 0.15) is 10.8 Å². The molecule has 136 valence electrons. The minimum absolute atomic E-state index is 0.0378. The van der Waals surface area contributed by atoms with Gasteiger partial charge in [-0.15, -0.1) is 0 Å². The van der Waals surface area contributed by atoms with E-state index in [0.29, 0.717) is 31.2 Å². The van der Waals surface area contributed by atoms with Gasteiger partial charge >= 0.3 is 0 Å². The molecule has 1 saturated heterocycles. The first-order chi connectivity index (χ1) is 12.5.